The largest absolute Gasteiger partial charge is 0.460 e. The molecule has 1 heterocycles. The minimum atomic E-state index is -1.56. The highest BCUT2D eigenvalue weighted by atomic mass is 16.6. The van der Waals surface area contributed by atoms with Crippen molar-refractivity contribution < 1.29 is 38.6 Å². The van der Waals surface area contributed by atoms with Crippen LogP contribution < -0.4 is 38.3 Å². The summed E-state index contributed by atoms with van der Waals surface area (Å²) in [4.78, 5) is 79.2. The van der Waals surface area contributed by atoms with Crippen LogP contribution in [0.25, 0.3) is 10.9 Å². The molecule has 0 saturated carbocycles. The lowest BCUT2D eigenvalue weighted by Crippen LogP contribution is -2.58. The molecule has 0 bridgehead atoms. The molecule has 0 aliphatic carbocycles. The molecule has 16 nitrogen and oxygen atoms in total. The molecule has 0 unspecified atom stereocenters. The number of aliphatic hydroxyl groups excluding tert-OH is 1. The monoisotopic (exact) mass is 646 g/mol. The molecule has 0 aliphatic rings. The molecule has 46 heavy (non-hydrogen) atoms. The zero-order chi connectivity index (χ0) is 34.6. The third-order valence-electron chi connectivity index (χ3n) is 6.62. The quantitative estimate of drug-likeness (QED) is 0.0435. The van der Waals surface area contributed by atoms with Crippen LogP contribution in [0.15, 0.2) is 30.5 Å². The lowest BCUT2D eigenvalue weighted by atomic mass is 10.0. The summed E-state index contributed by atoms with van der Waals surface area (Å²) in [6.07, 6.45) is 1.53. The first kappa shape index (κ1) is 37.6. The number of hydrazine groups is 1. The van der Waals surface area contributed by atoms with Crippen LogP contribution in [0.4, 0.5) is 0 Å². The lowest BCUT2D eigenvalue weighted by molar-refractivity contribution is -0.156. The predicted molar refractivity (Wildman–Crippen MR) is 168 cm³/mol. The third-order valence-corrected chi connectivity index (χ3v) is 6.62. The molecule has 16 heteroatoms. The number of carbonyl (C=O) groups excluding carboxylic acids is 6. The van der Waals surface area contributed by atoms with Gasteiger partial charge in [-0.05, 0) is 51.2 Å². The van der Waals surface area contributed by atoms with Crippen molar-refractivity contribution in [2.24, 2.45) is 17.5 Å². The van der Waals surface area contributed by atoms with E-state index in [9.17, 15) is 33.9 Å². The molecule has 2 rings (SSSR count). The Bertz CT molecular complexity index is 1390. The van der Waals surface area contributed by atoms with Gasteiger partial charge in [-0.1, -0.05) is 32.0 Å². The Labute approximate surface area is 267 Å². The minimum Gasteiger partial charge on any atom is -0.460 e. The number of carbonyl (C=O) groups is 6. The second kappa shape index (κ2) is 17.2. The van der Waals surface area contributed by atoms with Crippen molar-refractivity contribution in [3.8, 4) is 0 Å². The maximum absolute atomic E-state index is 13.3. The number of aromatic amines is 1. The predicted octanol–water partition coefficient (Wildman–Crippen LogP) is -1.63. The molecule has 0 saturated heterocycles. The summed E-state index contributed by atoms with van der Waals surface area (Å²) in [5.74, 6) is 0.424. The van der Waals surface area contributed by atoms with Crippen molar-refractivity contribution in [3.05, 3.63) is 36.0 Å². The number of hydrogen-bond donors (Lipinski definition) is 9. The first-order valence-corrected chi connectivity index (χ1v) is 14.9. The summed E-state index contributed by atoms with van der Waals surface area (Å²) in [6, 6.07) is 2.31. The van der Waals surface area contributed by atoms with Crippen LogP contribution in [0.3, 0.4) is 0 Å². The highest BCUT2D eigenvalue weighted by Gasteiger charge is 2.32. The number of H-pyrrole nitrogens is 1. The maximum atomic E-state index is 13.3. The first-order chi connectivity index (χ1) is 21.5. The Morgan fingerprint density at radius 3 is 2.17 bits per heavy atom. The van der Waals surface area contributed by atoms with Gasteiger partial charge in [-0.2, -0.15) is 0 Å². The summed E-state index contributed by atoms with van der Waals surface area (Å²) in [5.41, 5.74) is 8.87. The first-order valence-electron chi connectivity index (χ1n) is 14.9. The summed E-state index contributed by atoms with van der Waals surface area (Å²) >= 11 is 0. The second-order valence-corrected chi connectivity index (χ2v) is 12.2. The zero-order valence-electron chi connectivity index (χ0n) is 26.8. The van der Waals surface area contributed by atoms with Gasteiger partial charge in [-0.25, -0.2) is 5.84 Å². The fourth-order valence-electron chi connectivity index (χ4n) is 4.47. The van der Waals surface area contributed by atoms with Crippen LogP contribution in [0.2, 0.25) is 0 Å². The number of para-hydroxylation sites is 1. The number of esters is 1. The van der Waals surface area contributed by atoms with E-state index in [2.05, 4.69) is 26.3 Å². The molecule has 0 aliphatic heterocycles. The van der Waals surface area contributed by atoms with Gasteiger partial charge < -0.3 is 41.8 Å². The van der Waals surface area contributed by atoms with Crippen LogP contribution in [0, 0.1) is 5.92 Å². The smallest absolute Gasteiger partial charge is 0.308 e. The van der Waals surface area contributed by atoms with Crippen molar-refractivity contribution in [1.82, 2.24) is 31.7 Å². The number of benzene rings is 1. The Morgan fingerprint density at radius 2 is 1.57 bits per heavy atom. The summed E-state index contributed by atoms with van der Waals surface area (Å²) in [6.45, 7) is 7.11. The van der Waals surface area contributed by atoms with Gasteiger partial charge in [-0.3, -0.25) is 34.2 Å². The maximum Gasteiger partial charge on any atom is 0.308 e. The van der Waals surface area contributed by atoms with E-state index in [4.69, 9.17) is 16.3 Å². The number of hydrogen-bond acceptors (Lipinski definition) is 10. The average molecular weight is 647 g/mol. The number of aliphatic hydroxyl groups is 1. The molecule has 4 atom stereocenters. The topological polar surface area (TPSA) is 260 Å². The molecule has 0 spiro atoms. The van der Waals surface area contributed by atoms with Gasteiger partial charge in [0.1, 0.15) is 23.7 Å². The molecule has 2 aromatic rings. The fourth-order valence-corrected chi connectivity index (χ4v) is 4.47. The van der Waals surface area contributed by atoms with Crippen LogP contribution in [-0.4, -0.2) is 88.5 Å². The number of amides is 5. The van der Waals surface area contributed by atoms with E-state index >= 15 is 0 Å². The number of fused-ring (bicyclic) bond motifs is 1. The zero-order valence-corrected chi connectivity index (χ0v) is 26.8. The Morgan fingerprint density at radius 1 is 0.913 bits per heavy atom. The summed E-state index contributed by atoms with van der Waals surface area (Å²) in [5, 5.41) is 20.2. The summed E-state index contributed by atoms with van der Waals surface area (Å²) < 4.78 is 5.30. The van der Waals surface area contributed by atoms with E-state index in [-0.39, 0.29) is 18.8 Å². The Balaban J connectivity index is 2.09. The highest BCUT2D eigenvalue weighted by molar-refractivity contribution is 5.96. The van der Waals surface area contributed by atoms with Crippen LogP contribution in [-0.2, 0) is 39.9 Å². The number of rotatable bonds is 16. The minimum absolute atomic E-state index is 0.0448. The van der Waals surface area contributed by atoms with Gasteiger partial charge >= 0.3 is 5.97 Å². The Kier molecular flexibility index (Phi) is 14.1. The average Bonchev–Trinajstić information content (AvgIpc) is 3.38. The third kappa shape index (κ3) is 12.1. The second-order valence-electron chi connectivity index (χ2n) is 12.2. The Hall–Kier alpha value is -4.54. The molecule has 1 aromatic heterocycles. The van der Waals surface area contributed by atoms with Gasteiger partial charge in [0.15, 0.2) is 0 Å². The normalized spacial score (nSPS) is 14.0. The number of ether oxygens (including phenoxy) is 1. The molecule has 11 N–H and O–H groups in total. The molecule has 5 amide bonds. The van der Waals surface area contributed by atoms with E-state index < -0.39 is 84.8 Å². The van der Waals surface area contributed by atoms with Crippen molar-refractivity contribution in [3.63, 3.8) is 0 Å². The fraction of sp³-hybridized carbons (Fsp3) is 0.533. The van der Waals surface area contributed by atoms with Crippen LogP contribution in [0.5, 0.6) is 0 Å². The van der Waals surface area contributed by atoms with E-state index in [0.717, 1.165) is 16.5 Å². The molecule has 0 fully saturated rings. The molecular formula is C30H46N8O8. The highest BCUT2D eigenvalue weighted by Crippen LogP contribution is 2.19. The number of nitrogens with two attached hydrogens (primary N) is 2. The lowest BCUT2D eigenvalue weighted by Gasteiger charge is -2.25. The van der Waals surface area contributed by atoms with Crippen molar-refractivity contribution in [1.29, 1.82) is 0 Å². The molecule has 0 radical (unpaired) electrons. The van der Waals surface area contributed by atoms with Crippen molar-refractivity contribution >= 4 is 46.4 Å². The van der Waals surface area contributed by atoms with Crippen molar-refractivity contribution in [2.45, 2.75) is 83.6 Å². The SMILES string of the molecule is CC(C)C[C@H](NC(=O)CNC(=O)[C@H](CO)NC(=O)[C@@H](CC(=O)OC(C)(C)C)NC(=O)[C@H](N)Cc1c[nH]c2ccccc12)C(=O)NN. The van der Waals surface area contributed by atoms with E-state index in [1.807, 2.05) is 43.5 Å². The number of aromatic nitrogens is 1. The standard InChI is InChI=1S/C30H46N8O8/c1-16(2)10-21(29(45)38-32)35-24(40)14-34-27(43)23(15-39)37-28(44)22(12-25(41)46-30(3,4)5)36-26(42)19(31)11-17-13-33-20-9-7-6-8-18(17)20/h6-9,13,16,19,21-23,33,39H,10-12,14-15,31-32H2,1-5H3,(H,34,43)(H,35,40)(H,36,42)(H,37,44)(H,38,45)/t19-,21+,22-,23+/m1/s1. The van der Waals surface area contributed by atoms with E-state index in [1.165, 1.54) is 0 Å². The molecular weight excluding hydrogens is 600 g/mol. The number of nitrogens with one attached hydrogen (secondary N) is 6. The van der Waals surface area contributed by atoms with Crippen LogP contribution in [0.1, 0.15) is 53.0 Å². The van der Waals surface area contributed by atoms with E-state index in [0.29, 0.717) is 0 Å². The van der Waals surface area contributed by atoms with E-state index in [1.54, 1.807) is 27.0 Å². The van der Waals surface area contributed by atoms with Gasteiger partial charge in [0.05, 0.1) is 25.6 Å². The summed E-state index contributed by atoms with van der Waals surface area (Å²) in [7, 11) is 0. The molecule has 1 aromatic carbocycles. The van der Waals surface area contributed by atoms with Gasteiger partial charge in [-0.15, -0.1) is 0 Å². The van der Waals surface area contributed by atoms with Gasteiger partial charge in [0.2, 0.25) is 23.6 Å². The van der Waals surface area contributed by atoms with Gasteiger partial charge in [0, 0.05) is 17.1 Å². The van der Waals surface area contributed by atoms with Crippen LogP contribution >= 0.6 is 0 Å². The van der Waals surface area contributed by atoms with Gasteiger partial charge in [0.25, 0.3) is 5.91 Å². The molecule has 254 valence electrons. The van der Waals surface area contributed by atoms with Crippen molar-refractivity contribution in [2.75, 3.05) is 13.2 Å².